The Bertz CT molecular complexity index is 460. The van der Waals surface area contributed by atoms with Gasteiger partial charge < -0.3 is 9.88 Å². The van der Waals surface area contributed by atoms with Crippen molar-refractivity contribution >= 4 is 23.7 Å². The number of aromatic nitrogens is 2. The van der Waals surface area contributed by atoms with Gasteiger partial charge in [-0.25, -0.2) is 9.78 Å². The zero-order valence-electron chi connectivity index (χ0n) is 10.4. The molecule has 18 heavy (non-hydrogen) atoms. The Kier molecular flexibility index (Phi) is 3.90. The largest absolute Gasteiger partial charge is 0.336 e. The third kappa shape index (κ3) is 2.50. The molecule has 1 atom stereocenters. The van der Waals surface area contributed by atoms with E-state index < -0.39 is 0 Å². The summed E-state index contributed by atoms with van der Waals surface area (Å²) in [6.45, 7) is 5.61. The molecule has 2 rings (SSSR count). The van der Waals surface area contributed by atoms with Gasteiger partial charge in [-0.1, -0.05) is 11.8 Å². The molecule has 0 aromatic carbocycles. The maximum absolute atomic E-state index is 12.1. The highest BCUT2D eigenvalue weighted by molar-refractivity contribution is 8.00. The van der Waals surface area contributed by atoms with Crippen molar-refractivity contribution in [2.45, 2.75) is 30.8 Å². The monoisotopic (exact) mass is 268 g/mol. The summed E-state index contributed by atoms with van der Waals surface area (Å²) in [6, 6.07) is -0.300. The van der Waals surface area contributed by atoms with Crippen LogP contribution in [0.5, 0.6) is 0 Å². The van der Waals surface area contributed by atoms with Gasteiger partial charge in [0.15, 0.2) is 5.16 Å². The number of aryl methyl sites for hydroxylation is 1. The second-order valence-corrected chi connectivity index (χ2v) is 5.29. The van der Waals surface area contributed by atoms with Crippen LogP contribution in [0.2, 0.25) is 0 Å². The number of rotatable bonds is 4. The van der Waals surface area contributed by atoms with E-state index in [0.717, 1.165) is 11.7 Å². The number of thioether (sulfide) groups is 1. The quantitative estimate of drug-likeness (QED) is 0.825. The average molecular weight is 268 g/mol. The molecule has 2 heterocycles. The fourth-order valence-corrected chi connectivity index (χ4v) is 2.76. The molecule has 7 heteroatoms. The van der Waals surface area contributed by atoms with Crippen molar-refractivity contribution in [3.8, 4) is 0 Å². The van der Waals surface area contributed by atoms with Crippen LogP contribution in [0.25, 0.3) is 0 Å². The van der Waals surface area contributed by atoms with E-state index in [-0.39, 0.29) is 17.2 Å². The highest BCUT2D eigenvalue weighted by atomic mass is 32.2. The summed E-state index contributed by atoms with van der Waals surface area (Å²) in [7, 11) is 0. The van der Waals surface area contributed by atoms with Crippen LogP contribution < -0.4 is 5.32 Å². The number of carbonyl (C=O) groups excluding carboxylic acids is 2. The molecule has 1 saturated heterocycles. The van der Waals surface area contributed by atoms with E-state index in [1.807, 2.05) is 17.7 Å². The van der Waals surface area contributed by atoms with E-state index in [1.54, 1.807) is 13.1 Å². The van der Waals surface area contributed by atoms with Crippen molar-refractivity contribution in [2.24, 2.45) is 0 Å². The molecule has 0 saturated carbocycles. The molecule has 0 aliphatic carbocycles. The molecule has 1 aromatic rings. The van der Waals surface area contributed by atoms with Crippen molar-refractivity contribution in [1.29, 1.82) is 0 Å². The lowest BCUT2D eigenvalue weighted by molar-refractivity contribution is -0.126. The van der Waals surface area contributed by atoms with Gasteiger partial charge in [-0.2, -0.15) is 0 Å². The molecule has 1 N–H and O–H groups in total. The summed E-state index contributed by atoms with van der Waals surface area (Å²) < 4.78 is 1.97. The number of nitrogens with zero attached hydrogens (tertiary/aromatic N) is 3. The number of carbonyl (C=O) groups is 2. The summed E-state index contributed by atoms with van der Waals surface area (Å²) in [4.78, 5) is 29.0. The molecule has 1 aliphatic heterocycles. The van der Waals surface area contributed by atoms with Gasteiger partial charge in [0, 0.05) is 32.0 Å². The van der Waals surface area contributed by atoms with Gasteiger partial charge in [-0.05, 0) is 13.8 Å². The zero-order valence-corrected chi connectivity index (χ0v) is 11.2. The van der Waals surface area contributed by atoms with Crippen molar-refractivity contribution < 1.29 is 9.59 Å². The molecule has 6 nitrogen and oxygen atoms in total. The van der Waals surface area contributed by atoms with Gasteiger partial charge in [0.2, 0.25) is 5.91 Å². The van der Waals surface area contributed by atoms with Gasteiger partial charge in [-0.3, -0.25) is 9.69 Å². The lowest BCUT2D eigenvalue weighted by Gasteiger charge is -2.17. The summed E-state index contributed by atoms with van der Waals surface area (Å²) in [6.07, 6.45) is 3.59. The maximum Gasteiger partial charge on any atom is 0.324 e. The summed E-state index contributed by atoms with van der Waals surface area (Å²) in [5.41, 5.74) is 0. The molecule has 0 bridgehead atoms. The Balaban J connectivity index is 2.01. The Morgan fingerprint density at radius 1 is 1.67 bits per heavy atom. The minimum Gasteiger partial charge on any atom is -0.336 e. The number of nitrogens with one attached hydrogen (secondary N) is 1. The second-order valence-electron chi connectivity index (χ2n) is 3.98. The predicted octanol–water partition coefficient (Wildman–Crippen LogP) is 0.935. The van der Waals surface area contributed by atoms with Crippen molar-refractivity contribution in [1.82, 2.24) is 19.8 Å². The van der Waals surface area contributed by atoms with E-state index in [2.05, 4.69) is 10.3 Å². The number of hydrogen-bond acceptors (Lipinski definition) is 4. The normalized spacial score (nSPS) is 16.8. The molecule has 1 fully saturated rings. The smallest absolute Gasteiger partial charge is 0.324 e. The molecule has 1 aliphatic rings. The third-order valence-electron chi connectivity index (χ3n) is 2.77. The SMILES string of the molecule is CCn1ccnc1SC(C)C(=O)N1CCNC1=O. The topological polar surface area (TPSA) is 67.2 Å². The molecular weight excluding hydrogens is 252 g/mol. The van der Waals surface area contributed by atoms with Crippen LogP contribution in [0.3, 0.4) is 0 Å². The Hall–Kier alpha value is -1.50. The zero-order chi connectivity index (χ0) is 13.1. The van der Waals surface area contributed by atoms with E-state index in [0.29, 0.717) is 13.1 Å². The summed E-state index contributed by atoms with van der Waals surface area (Å²) >= 11 is 1.38. The number of hydrogen-bond donors (Lipinski definition) is 1. The fourth-order valence-electron chi connectivity index (χ4n) is 1.76. The number of imidazole rings is 1. The second kappa shape index (κ2) is 5.43. The fraction of sp³-hybridized carbons (Fsp3) is 0.545. The van der Waals surface area contributed by atoms with E-state index in [1.165, 1.54) is 16.7 Å². The standard InChI is InChI=1S/C11H16N4O2S/c1-3-14-6-4-13-11(14)18-8(2)9(16)15-7-5-12-10(15)17/h4,6,8H,3,5,7H2,1-2H3,(H,12,17). The van der Waals surface area contributed by atoms with Crippen LogP contribution in [-0.2, 0) is 11.3 Å². The van der Waals surface area contributed by atoms with E-state index >= 15 is 0 Å². The molecule has 3 amide bonds. The first-order valence-corrected chi connectivity index (χ1v) is 6.78. The number of urea groups is 1. The minimum absolute atomic E-state index is 0.166. The highest BCUT2D eigenvalue weighted by Gasteiger charge is 2.30. The van der Waals surface area contributed by atoms with Crippen LogP contribution in [0.4, 0.5) is 4.79 Å². The molecule has 1 unspecified atom stereocenters. The van der Waals surface area contributed by atoms with Gasteiger partial charge in [0.05, 0.1) is 5.25 Å². The van der Waals surface area contributed by atoms with Crippen LogP contribution in [0, 0.1) is 0 Å². The Morgan fingerprint density at radius 3 is 3.06 bits per heavy atom. The first-order valence-electron chi connectivity index (χ1n) is 5.90. The van der Waals surface area contributed by atoms with Crippen molar-refractivity contribution in [3.05, 3.63) is 12.4 Å². The van der Waals surface area contributed by atoms with Gasteiger partial charge >= 0.3 is 6.03 Å². The van der Waals surface area contributed by atoms with E-state index in [4.69, 9.17) is 0 Å². The van der Waals surface area contributed by atoms with E-state index in [9.17, 15) is 9.59 Å². The molecule has 98 valence electrons. The minimum atomic E-state index is -0.318. The maximum atomic E-state index is 12.1. The summed E-state index contributed by atoms with van der Waals surface area (Å²) in [5, 5.41) is 3.11. The molecule has 0 spiro atoms. The van der Waals surface area contributed by atoms with Crippen LogP contribution in [0.1, 0.15) is 13.8 Å². The number of amides is 3. The van der Waals surface area contributed by atoms with Gasteiger partial charge in [0.1, 0.15) is 0 Å². The lowest BCUT2D eigenvalue weighted by atomic mass is 10.4. The average Bonchev–Trinajstić information content (AvgIpc) is 2.96. The van der Waals surface area contributed by atoms with Gasteiger partial charge in [0.25, 0.3) is 0 Å². The van der Waals surface area contributed by atoms with Crippen LogP contribution >= 0.6 is 11.8 Å². The highest BCUT2D eigenvalue weighted by Crippen LogP contribution is 2.23. The summed E-state index contributed by atoms with van der Waals surface area (Å²) in [5.74, 6) is -0.166. The predicted molar refractivity (Wildman–Crippen MR) is 68.3 cm³/mol. The van der Waals surface area contributed by atoms with Crippen LogP contribution in [-0.4, -0.2) is 44.7 Å². The first-order chi connectivity index (χ1) is 8.63. The molecule has 0 radical (unpaired) electrons. The Labute approximate surface area is 110 Å². The van der Waals surface area contributed by atoms with Crippen molar-refractivity contribution in [2.75, 3.05) is 13.1 Å². The molecular formula is C11H16N4O2S. The third-order valence-corrected chi connectivity index (χ3v) is 3.88. The van der Waals surface area contributed by atoms with Crippen molar-refractivity contribution in [3.63, 3.8) is 0 Å². The van der Waals surface area contributed by atoms with Gasteiger partial charge in [-0.15, -0.1) is 0 Å². The first kappa shape index (κ1) is 12.9. The number of imide groups is 1. The lowest BCUT2D eigenvalue weighted by Crippen LogP contribution is -2.39. The Morgan fingerprint density at radius 2 is 2.44 bits per heavy atom. The van der Waals surface area contributed by atoms with Crippen LogP contribution in [0.15, 0.2) is 17.6 Å². The molecule has 1 aromatic heterocycles.